The lowest BCUT2D eigenvalue weighted by molar-refractivity contribution is 0.0600. The monoisotopic (exact) mass is 328 g/mol. The highest BCUT2D eigenvalue weighted by Gasteiger charge is 2.11. The van der Waals surface area contributed by atoms with Crippen LogP contribution in [0, 0.1) is 0 Å². The normalized spacial score (nSPS) is 10.1. The summed E-state index contributed by atoms with van der Waals surface area (Å²) in [5, 5.41) is 12.2. The number of rotatable bonds is 6. The van der Waals surface area contributed by atoms with E-state index >= 15 is 0 Å². The number of hydrogen-bond donors (Lipinski definition) is 2. The Morgan fingerprint density at radius 3 is 2.25 bits per heavy atom. The number of methoxy groups -OCH3 is 1. The highest BCUT2D eigenvalue weighted by molar-refractivity contribution is 5.91. The predicted octanol–water partition coefficient (Wildman–Crippen LogP) is 2.85. The molecule has 6 nitrogen and oxygen atoms in total. The predicted molar refractivity (Wildman–Crippen MR) is 92.8 cm³/mol. The Hall–Kier alpha value is -3.02. The van der Waals surface area contributed by atoms with Crippen molar-refractivity contribution in [3.8, 4) is 0 Å². The molecule has 0 aliphatic heterocycles. The fourth-order valence-corrected chi connectivity index (χ4v) is 2.30. The molecule has 0 radical (unpaired) electrons. The first-order chi connectivity index (χ1) is 11.4. The van der Waals surface area contributed by atoms with Crippen molar-refractivity contribution in [1.29, 1.82) is 0 Å². The van der Waals surface area contributed by atoms with Crippen LogP contribution in [0.1, 0.15) is 26.3 Å². The maximum atomic E-state index is 11.7. The van der Waals surface area contributed by atoms with Gasteiger partial charge in [0.1, 0.15) is 0 Å². The van der Waals surface area contributed by atoms with Crippen LogP contribution in [0.15, 0.2) is 42.5 Å². The standard InChI is InChI=1S/C18H20N2O4/c1-20(2)16-10-13(18(23)24-3)4-5-14(16)11-19-15-8-6-12(7-9-15)17(21)22/h4-10,19H,11H2,1-3H3,(H,21,22). The lowest BCUT2D eigenvalue weighted by atomic mass is 10.1. The lowest BCUT2D eigenvalue weighted by Gasteiger charge is -2.19. The molecule has 0 aliphatic carbocycles. The van der Waals surface area contributed by atoms with Crippen LogP contribution in [-0.2, 0) is 11.3 Å². The molecule has 0 aromatic heterocycles. The molecule has 0 saturated heterocycles. The number of ether oxygens (including phenoxy) is 1. The lowest BCUT2D eigenvalue weighted by Crippen LogP contribution is -2.14. The molecule has 126 valence electrons. The van der Waals surface area contributed by atoms with Gasteiger partial charge >= 0.3 is 11.9 Å². The van der Waals surface area contributed by atoms with E-state index < -0.39 is 5.97 Å². The largest absolute Gasteiger partial charge is 0.478 e. The molecule has 2 rings (SSSR count). The molecule has 2 N–H and O–H groups in total. The van der Waals surface area contributed by atoms with Crippen LogP contribution in [0.5, 0.6) is 0 Å². The molecule has 0 amide bonds. The first kappa shape index (κ1) is 17.3. The average molecular weight is 328 g/mol. The SMILES string of the molecule is COC(=O)c1ccc(CNc2ccc(C(=O)O)cc2)c(N(C)C)c1. The maximum absolute atomic E-state index is 11.7. The second kappa shape index (κ2) is 7.50. The number of aromatic carboxylic acids is 1. The molecule has 0 fully saturated rings. The summed E-state index contributed by atoms with van der Waals surface area (Å²) in [7, 11) is 5.16. The minimum atomic E-state index is -0.949. The van der Waals surface area contributed by atoms with Gasteiger partial charge in [-0.15, -0.1) is 0 Å². The number of hydrogen-bond acceptors (Lipinski definition) is 5. The summed E-state index contributed by atoms with van der Waals surface area (Å²) in [6.45, 7) is 0.543. The van der Waals surface area contributed by atoms with E-state index in [1.807, 2.05) is 25.1 Å². The Bertz CT molecular complexity index is 739. The van der Waals surface area contributed by atoms with Gasteiger partial charge in [0.05, 0.1) is 18.2 Å². The van der Waals surface area contributed by atoms with Crippen molar-refractivity contribution in [2.45, 2.75) is 6.54 Å². The zero-order chi connectivity index (χ0) is 17.7. The molecule has 0 bridgehead atoms. The number of carboxylic acid groups (broad SMARTS) is 1. The van der Waals surface area contributed by atoms with E-state index in [1.54, 1.807) is 36.4 Å². The number of benzene rings is 2. The van der Waals surface area contributed by atoms with Crippen molar-refractivity contribution in [2.24, 2.45) is 0 Å². The average Bonchev–Trinajstić information content (AvgIpc) is 2.59. The zero-order valence-corrected chi connectivity index (χ0v) is 13.9. The first-order valence-corrected chi connectivity index (χ1v) is 7.38. The summed E-state index contributed by atoms with van der Waals surface area (Å²) in [6.07, 6.45) is 0. The molecular formula is C18H20N2O4. The topological polar surface area (TPSA) is 78.9 Å². The van der Waals surface area contributed by atoms with E-state index in [0.717, 1.165) is 16.9 Å². The fraction of sp³-hybridized carbons (Fsp3) is 0.222. The highest BCUT2D eigenvalue weighted by Crippen LogP contribution is 2.22. The summed E-state index contributed by atoms with van der Waals surface area (Å²) in [5.74, 6) is -1.32. The second-order valence-electron chi connectivity index (χ2n) is 5.47. The summed E-state index contributed by atoms with van der Waals surface area (Å²) in [5.41, 5.74) is 3.48. The molecule has 0 aliphatic rings. The number of carboxylic acids is 1. The van der Waals surface area contributed by atoms with Crippen molar-refractivity contribution in [3.05, 3.63) is 59.2 Å². The number of anilines is 2. The summed E-state index contributed by atoms with van der Waals surface area (Å²) >= 11 is 0. The zero-order valence-electron chi connectivity index (χ0n) is 13.9. The molecular weight excluding hydrogens is 308 g/mol. The number of esters is 1. The molecule has 2 aromatic carbocycles. The van der Waals surface area contributed by atoms with Crippen LogP contribution in [0.4, 0.5) is 11.4 Å². The van der Waals surface area contributed by atoms with Crippen molar-refractivity contribution >= 4 is 23.3 Å². The molecule has 6 heteroatoms. The number of nitrogens with one attached hydrogen (secondary N) is 1. The van der Waals surface area contributed by atoms with E-state index in [2.05, 4.69) is 5.32 Å². The van der Waals surface area contributed by atoms with Crippen LogP contribution in [-0.4, -0.2) is 38.3 Å². The van der Waals surface area contributed by atoms with E-state index in [9.17, 15) is 9.59 Å². The van der Waals surface area contributed by atoms with Gasteiger partial charge in [-0.3, -0.25) is 0 Å². The van der Waals surface area contributed by atoms with Gasteiger partial charge < -0.3 is 20.1 Å². The fourth-order valence-electron chi connectivity index (χ4n) is 2.30. The third kappa shape index (κ3) is 4.04. The Kier molecular flexibility index (Phi) is 5.42. The van der Waals surface area contributed by atoms with Gasteiger partial charge in [-0.2, -0.15) is 0 Å². The van der Waals surface area contributed by atoms with Gasteiger partial charge in [-0.25, -0.2) is 9.59 Å². The van der Waals surface area contributed by atoms with Crippen molar-refractivity contribution < 1.29 is 19.4 Å². The Labute approximate surface area is 140 Å². The molecule has 2 aromatic rings. The van der Waals surface area contributed by atoms with Gasteiger partial charge in [0.15, 0.2) is 0 Å². The van der Waals surface area contributed by atoms with Crippen LogP contribution in [0.2, 0.25) is 0 Å². The highest BCUT2D eigenvalue weighted by atomic mass is 16.5. The molecule has 24 heavy (non-hydrogen) atoms. The van der Waals surface area contributed by atoms with Crippen molar-refractivity contribution in [1.82, 2.24) is 0 Å². The van der Waals surface area contributed by atoms with Crippen LogP contribution < -0.4 is 10.2 Å². The minimum Gasteiger partial charge on any atom is -0.478 e. The van der Waals surface area contributed by atoms with Crippen LogP contribution in [0.3, 0.4) is 0 Å². The summed E-state index contributed by atoms with van der Waals surface area (Å²) < 4.78 is 4.75. The molecule has 0 saturated carbocycles. The van der Waals surface area contributed by atoms with Gasteiger partial charge in [0.25, 0.3) is 0 Å². The van der Waals surface area contributed by atoms with Gasteiger partial charge in [0, 0.05) is 32.0 Å². The molecule has 0 heterocycles. The summed E-state index contributed by atoms with van der Waals surface area (Å²) in [6, 6.07) is 11.9. The van der Waals surface area contributed by atoms with Gasteiger partial charge in [0.2, 0.25) is 0 Å². The smallest absolute Gasteiger partial charge is 0.337 e. The second-order valence-corrected chi connectivity index (χ2v) is 5.47. The number of carbonyl (C=O) groups is 2. The minimum absolute atomic E-state index is 0.247. The van der Waals surface area contributed by atoms with Crippen LogP contribution >= 0.6 is 0 Å². The third-order valence-corrected chi connectivity index (χ3v) is 3.60. The molecule has 0 atom stereocenters. The third-order valence-electron chi connectivity index (χ3n) is 3.60. The van der Waals surface area contributed by atoms with Gasteiger partial charge in [-0.05, 0) is 42.0 Å². The van der Waals surface area contributed by atoms with E-state index in [4.69, 9.17) is 9.84 Å². The quantitative estimate of drug-likeness (QED) is 0.794. The maximum Gasteiger partial charge on any atom is 0.337 e. The van der Waals surface area contributed by atoms with E-state index in [1.165, 1.54) is 7.11 Å². The van der Waals surface area contributed by atoms with Crippen molar-refractivity contribution in [2.75, 3.05) is 31.4 Å². The van der Waals surface area contributed by atoms with Gasteiger partial charge in [-0.1, -0.05) is 6.07 Å². The Morgan fingerprint density at radius 2 is 1.71 bits per heavy atom. The van der Waals surface area contributed by atoms with Crippen molar-refractivity contribution in [3.63, 3.8) is 0 Å². The first-order valence-electron chi connectivity index (χ1n) is 7.38. The summed E-state index contributed by atoms with van der Waals surface area (Å²) in [4.78, 5) is 24.4. The van der Waals surface area contributed by atoms with E-state index in [0.29, 0.717) is 12.1 Å². The molecule has 0 spiro atoms. The Balaban J connectivity index is 2.16. The molecule has 0 unspecified atom stereocenters. The Morgan fingerprint density at radius 1 is 1.08 bits per heavy atom. The van der Waals surface area contributed by atoms with E-state index in [-0.39, 0.29) is 11.5 Å². The number of carbonyl (C=O) groups excluding carboxylic acids is 1. The van der Waals surface area contributed by atoms with Crippen LogP contribution in [0.25, 0.3) is 0 Å². The number of nitrogens with zero attached hydrogens (tertiary/aromatic N) is 1.